The van der Waals surface area contributed by atoms with E-state index in [9.17, 15) is 9.59 Å². The van der Waals surface area contributed by atoms with Crippen LogP contribution < -0.4 is 5.32 Å². The first-order valence-electron chi connectivity index (χ1n) is 7.12. The second-order valence-electron chi connectivity index (χ2n) is 4.89. The molecule has 24 heavy (non-hydrogen) atoms. The number of carbonyl (C=O) groups excluding carboxylic acids is 2. The Morgan fingerprint density at radius 1 is 1.12 bits per heavy atom. The number of nitrogens with one attached hydrogen (secondary N) is 1. The van der Waals surface area contributed by atoms with Crippen LogP contribution >= 0.6 is 23.2 Å². The fourth-order valence-corrected chi connectivity index (χ4v) is 2.21. The van der Waals surface area contributed by atoms with Crippen LogP contribution in [0.25, 0.3) is 0 Å². The summed E-state index contributed by atoms with van der Waals surface area (Å²) >= 11 is 11.9. The molecule has 0 aliphatic heterocycles. The predicted molar refractivity (Wildman–Crippen MR) is 91.9 cm³/mol. The van der Waals surface area contributed by atoms with Crippen molar-refractivity contribution in [1.29, 1.82) is 0 Å². The second kappa shape index (κ2) is 7.59. The lowest BCUT2D eigenvalue weighted by atomic mass is 10.2. The number of ether oxygens (including phenoxy) is 1. The number of aryl methyl sites for hydroxylation is 2. The summed E-state index contributed by atoms with van der Waals surface area (Å²) in [5.74, 6) is -1.34. The molecule has 0 radical (unpaired) electrons. The molecule has 0 bridgehead atoms. The monoisotopic (exact) mass is 367 g/mol. The fraction of sp³-hybridized carbons (Fsp3) is 0.250. The van der Waals surface area contributed by atoms with E-state index in [1.807, 2.05) is 0 Å². The number of benzene rings is 1. The maximum atomic E-state index is 12.5. The molecule has 126 valence electrons. The molecule has 0 unspecified atom stereocenters. The van der Waals surface area contributed by atoms with Crippen molar-refractivity contribution in [2.75, 3.05) is 11.9 Å². The molecule has 1 amide bonds. The number of hydrogen-bond acceptors (Lipinski definition) is 5. The molecule has 0 fully saturated rings. The van der Waals surface area contributed by atoms with E-state index in [0.717, 1.165) is 0 Å². The van der Waals surface area contributed by atoms with E-state index in [1.165, 1.54) is 6.07 Å². The maximum Gasteiger partial charge on any atom is 0.359 e. The maximum absolute atomic E-state index is 12.5. The molecule has 1 N–H and O–H groups in total. The molecule has 8 heteroatoms. The Labute approximate surface area is 149 Å². The van der Waals surface area contributed by atoms with Crippen LogP contribution in [0.1, 0.15) is 39.3 Å². The van der Waals surface area contributed by atoms with Gasteiger partial charge in [0.1, 0.15) is 0 Å². The van der Waals surface area contributed by atoms with Crippen molar-refractivity contribution in [1.82, 2.24) is 9.97 Å². The molecule has 0 saturated heterocycles. The normalized spacial score (nSPS) is 10.4. The average molecular weight is 368 g/mol. The summed E-state index contributed by atoms with van der Waals surface area (Å²) in [6, 6.07) is 4.65. The average Bonchev–Trinajstić information content (AvgIpc) is 2.53. The van der Waals surface area contributed by atoms with E-state index in [2.05, 4.69) is 15.3 Å². The van der Waals surface area contributed by atoms with Gasteiger partial charge in [-0.05, 0) is 39.0 Å². The highest BCUT2D eigenvalue weighted by Crippen LogP contribution is 2.26. The number of amides is 1. The molecule has 1 heterocycles. The highest BCUT2D eigenvalue weighted by molar-refractivity contribution is 6.36. The van der Waals surface area contributed by atoms with E-state index in [4.69, 9.17) is 27.9 Å². The molecular formula is C16H15Cl2N3O3. The minimum Gasteiger partial charge on any atom is -0.461 e. The van der Waals surface area contributed by atoms with E-state index >= 15 is 0 Å². The van der Waals surface area contributed by atoms with Gasteiger partial charge in [-0.3, -0.25) is 4.79 Å². The van der Waals surface area contributed by atoms with Gasteiger partial charge in [0, 0.05) is 5.02 Å². The van der Waals surface area contributed by atoms with Crippen LogP contribution in [0.15, 0.2) is 18.2 Å². The van der Waals surface area contributed by atoms with Crippen molar-refractivity contribution in [3.05, 3.63) is 51.0 Å². The largest absolute Gasteiger partial charge is 0.461 e. The van der Waals surface area contributed by atoms with Gasteiger partial charge in [-0.25, -0.2) is 14.8 Å². The molecule has 0 spiro atoms. The predicted octanol–water partition coefficient (Wildman–Crippen LogP) is 3.83. The molecule has 1 aromatic carbocycles. The first-order chi connectivity index (χ1) is 11.3. The molecule has 0 saturated carbocycles. The molecule has 2 aromatic rings. The lowest BCUT2D eigenvalue weighted by Gasteiger charge is -2.11. The lowest BCUT2D eigenvalue weighted by molar-refractivity contribution is 0.0515. The van der Waals surface area contributed by atoms with E-state index < -0.39 is 11.9 Å². The van der Waals surface area contributed by atoms with Crippen LogP contribution in [0.2, 0.25) is 10.0 Å². The van der Waals surface area contributed by atoms with E-state index in [0.29, 0.717) is 27.1 Å². The number of carbonyl (C=O) groups is 2. The van der Waals surface area contributed by atoms with Crippen LogP contribution in [-0.4, -0.2) is 28.5 Å². The zero-order valence-electron chi connectivity index (χ0n) is 13.3. The van der Waals surface area contributed by atoms with Gasteiger partial charge in [0.15, 0.2) is 11.4 Å². The minimum absolute atomic E-state index is 0.132. The highest BCUT2D eigenvalue weighted by Gasteiger charge is 2.23. The first kappa shape index (κ1) is 18.2. The van der Waals surface area contributed by atoms with Gasteiger partial charge < -0.3 is 10.1 Å². The summed E-state index contributed by atoms with van der Waals surface area (Å²) in [6.07, 6.45) is 0. The Balaban J connectivity index is 2.42. The molecule has 2 rings (SSSR count). The molecule has 0 atom stereocenters. The summed E-state index contributed by atoms with van der Waals surface area (Å²) < 4.78 is 4.94. The quantitative estimate of drug-likeness (QED) is 0.830. The number of nitrogens with zero attached hydrogens (tertiary/aromatic N) is 2. The topological polar surface area (TPSA) is 81.2 Å². The van der Waals surface area contributed by atoms with Crippen molar-refractivity contribution in [3.8, 4) is 0 Å². The SMILES string of the molecule is CCOC(=O)c1nc(C)c(C)nc1C(=O)Nc1cc(Cl)ccc1Cl. The van der Waals surface area contributed by atoms with Crippen molar-refractivity contribution < 1.29 is 14.3 Å². The Kier molecular flexibility index (Phi) is 5.75. The summed E-state index contributed by atoms with van der Waals surface area (Å²) in [4.78, 5) is 32.9. The number of aromatic nitrogens is 2. The van der Waals surface area contributed by atoms with Crippen molar-refractivity contribution >= 4 is 40.8 Å². The van der Waals surface area contributed by atoms with Crippen LogP contribution in [0, 0.1) is 13.8 Å². The van der Waals surface area contributed by atoms with Crippen LogP contribution in [0.5, 0.6) is 0 Å². The van der Waals surface area contributed by atoms with Gasteiger partial charge >= 0.3 is 5.97 Å². The lowest BCUT2D eigenvalue weighted by Crippen LogP contribution is -2.22. The first-order valence-corrected chi connectivity index (χ1v) is 7.87. The highest BCUT2D eigenvalue weighted by atomic mass is 35.5. The van der Waals surface area contributed by atoms with Gasteiger partial charge in [0.2, 0.25) is 0 Å². The van der Waals surface area contributed by atoms with E-state index in [-0.39, 0.29) is 18.0 Å². The number of anilines is 1. The van der Waals surface area contributed by atoms with Gasteiger partial charge in [0.25, 0.3) is 5.91 Å². The molecular weight excluding hydrogens is 353 g/mol. The minimum atomic E-state index is -0.713. The standard InChI is InChI=1S/C16H15Cl2N3O3/c1-4-24-16(23)14-13(19-8(2)9(3)20-14)15(22)21-12-7-10(17)5-6-11(12)18/h5-7H,4H2,1-3H3,(H,21,22). The Morgan fingerprint density at radius 2 is 1.75 bits per heavy atom. The van der Waals surface area contributed by atoms with Crippen molar-refractivity contribution in [3.63, 3.8) is 0 Å². The third-order valence-corrected chi connectivity index (χ3v) is 3.73. The Morgan fingerprint density at radius 3 is 2.38 bits per heavy atom. The fourth-order valence-electron chi connectivity index (χ4n) is 1.88. The molecule has 0 aliphatic carbocycles. The van der Waals surface area contributed by atoms with Crippen LogP contribution in [-0.2, 0) is 4.74 Å². The van der Waals surface area contributed by atoms with E-state index in [1.54, 1.807) is 32.9 Å². The zero-order chi connectivity index (χ0) is 17.9. The summed E-state index contributed by atoms with van der Waals surface area (Å²) in [5, 5.41) is 3.30. The Hall–Kier alpha value is -2.18. The zero-order valence-corrected chi connectivity index (χ0v) is 14.8. The van der Waals surface area contributed by atoms with Crippen LogP contribution in [0.3, 0.4) is 0 Å². The summed E-state index contributed by atoms with van der Waals surface area (Å²) in [5.41, 5.74) is 1.10. The van der Waals surface area contributed by atoms with Gasteiger partial charge in [-0.15, -0.1) is 0 Å². The van der Waals surface area contributed by atoms with Gasteiger partial charge in [-0.1, -0.05) is 23.2 Å². The number of rotatable bonds is 4. The molecule has 6 nitrogen and oxygen atoms in total. The van der Waals surface area contributed by atoms with Gasteiger partial charge in [-0.2, -0.15) is 0 Å². The Bertz CT molecular complexity index is 809. The number of halogens is 2. The van der Waals surface area contributed by atoms with Gasteiger partial charge in [0.05, 0.1) is 28.7 Å². The summed E-state index contributed by atoms with van der Waals surface area (Å²) in [6.45, 7) is 5.22. The third kappa shape index (κ3) is 4.01. The third-order valence-electron chi connectivity index (χ3n) is 3.17. The molecule has 1 aromatic heterocycles. The summed E-state index contributed by atoms with van der Waals surface area (Å²) in [7, 11) is 0. The second-order valence-corrected chi connectivity index (χ2v) is 5.73. The molecule has 0 aliphatic rings. The van der Waals surface area contributed by atoms with Crippen molar-refractivity contribution in [2.45, 2.75) is 20.8 Å². The number of hydrogen-bond donors (Lipinski definition) is 1. The van der Waals surface area contributed by atoms with Crippen molar-refractivity contribution in [2.24, 2.45) is 0 Å². The van der Waals surface area contributed by atoms with Crippen LogP contribution in [0.4, 0.5) is 5.69 Å². The number of esters is 1. The smallest absolute Gasteiger partial charge is 0.359 e.